The molecule has 6 heteroatoms. The summed E-state index contributed by atoms with van der Waals surface area (Å²) >= 11 is 1.59. The van der Waals surface area contributed by atoms with Crippen LogP contribution in [0.25, 0.3) is 0 Å². The van der Waals surface area contributed by atoms with Crippen molar-refractivity contribution in [3.63, 3.8) is 0 Å². The highest BCUT2D eigenvalue weighted by Gasteiger charge is 2.33. The van der Waals surface area contributed by atoms with Crippen LogP contribution < -0.4 is 5.32 Å². The number of hydrogen-bond donors (Lipinski definition) is 2. The molecule has 1 saturated heterocycles. The van der Waals surface area contributed by atoms with Gasteiger partial charge in [-0.1, -0.05) is 0 Å². The Kier molecular flexibility index (Phi) is 3.86. The van der Waals surface area contributed by atoms with Crippen molar-refractivity contribution in [2.45, 2.75) is 32.4 Å². The lowest BCUT2D eigenvalue weighted by molar-refractivity contribution is -0.141. The van der Waals surface area contributed by atoms with E-state index in [-0.39, 0.29) is 6.03 Å². The number of nitrogens with one attached hydrogen (secondary N) is 1. The number of carbonyl (C=O) groups excluding carboxylic acids is 1. The third kappa shape index (κ3) is 2.64. The zero-order valence-electron chi connectivity index (χ0n) is 10.2. The minimum absolute atomic E-state index is 0.285. The van der Waals surface area contributed by atoms with Gasteiger partial charge in [0, 0.05) is 11.4 Å². The van der Waals surface area contributed by atoms with Gasteiger partial charge in [-0.25, -0.2) is 9.59 Å². The smallest absolute Gasteiger partial charge is 0.326 e. The number of rotatable bonds is 3. The van der Waals surface area contributed by atoms with E-state index in [1.54, 1.807) is 11.3 Å². The molecule has 1 aromatic heterocycles. The first-order valence-corrected chi connectivity index (χ1v) is 6.78. The summed E-state index contributed by atoms with van der Waals surface area (Å²) in [7, 11) is 0. The minimum atomic E-state index is -0.921. The van der Waals surface area contributed by atoms with Crippen LogP contribution in [0.4, 0.5) is 4.79 Å². The number of thiophene rings is 1. The molecule has 2 N–H and O–H groups in total. The second-order valence-corrected chi connectivity index (χ2v) is 5.38. The fourth-order valence-electron chi connectivity index (χ4n) is 2.11. The number of carboxylic acid groups (broad SMARTS) is 1. The van der Waals surface area contributed by atoms with Crippen LogP contribution in [0.2, 0.25) is 0 Å². The van der Waals surface area contributed by atoms with E-state index in [1.165, 1.54) is 4.90 Å². The van der Waals surface area contributed by atoms with E-state index in [9.17, 15) is 9.59 Å². The van der Waals surface area contributed by atoms with Gasteiger partial charge in [0.1, 0.15) is 6.04 Å². The molecule has 0 radical (unpaired) electrons. The summed E-state index contributed by atoms with van der Waals surface area (Å²) < 4.78 is 0. The number of aliphatic carboxylic acids is 1. The van der Waals surface area contributed by atoms with Crippen molar-refractivity contribution in [2.75, 3.05) is 6.54 Å². The molecule has 0 aromatic carbocycles. The Bertz CT molecular complexity index is 458. The predicted octanol–water partition coefficient (Wildman–Crippen LogP) is 1.82. The molecule has 98 valence electrons. The molecular weight excluding hydrogens is 252 g/mol. The summed E-state index contributed by atoms with van der Waals surface area (Å²) in [5, 5.41) is 13.8. The molecule has 0 spiro atoms. The SMILES string of the molecule is Cc1ccsc1CNC(=O)N1CCC[C@@H]1C(=O)O. The zero-order valence-corrected chi connectivity index (χ0v) is 11.0. The van der Waals surface area contributed by atoms with Crippen LogP contribution in [0.5, 0.6) is 0 Å². The average molecular weight is 268 g/mol. The summed E-state index contributed by atoms with van der Waals surface area (Å²) in [4.78, 5) is 25.4. The van der Waals surface area contributed by atoms with E-state index in [0.717, 1.165) is 16.9 Å². The first-order chi connectivity index (χ1) is 8.59. The number of nitrogens with zero attached hydrogens (tertiary/aromatic N) is 1. The Morgan fingerprint density at radius 1 is 1.61 bits per heavy atom. The largest absolute Gasteiger partial charge is 0.480 e. The fourth-order valence-corrected chi connectivity index (χ4v) is 2.96. The van der Waals surface area contributed by atoms with Crippen LogP contribution in [-0.2, 0) is 11.3 Å². The maximum absolute atomic E-state index is 11.9. The van der Waals surface area contributed by atoms with Crippen molar-refractivity contribution in [1.82, 2.24) is 10.2 Å². The molecule has 2 rings (SSSR count). The van der Waals surface area contributed by atoms with Crippen LogP contribution >= 0.6 is 11.3 Å². The summed E-state index contributed by atoms with van der Waals surface area (Å²) in [5.74, 6) is -0.921. The molecule has 2 amide bonds. The summed E-state index contributed by atoms with van der Waals surface area (Å²) in [6, 6.07) is 1.05. The number of likely N-dealkylation sites (tertiary alicyclic amines) is 1. The summed E-state index contributed by atoms with van der Waals surface area (Å²) in [6.45, 7) is 2.98. The molecule has 18 heavy (non-hydrogen) atoms. The number of carboxylic acids is 1. The number of hydrogen-bond acceptors (Lipinski definition) is 3. The van der Waals surface area contributed by atoms with Crippen molar-refractivity contribution in [3.05, 3.63) is 21.9 Å². The molecular formula is C12H16N2O3S. The predicted molar refractivity (Wildman–Crippen MR) is 68.7 cm³/mol. The van der Waals surface area contributed by atoms with E-state index in [4.69, 9.17) is 5.11 Å². The van der Waals surface area contributed by atoms with Gasteiger partial charge in [0.15, 0.2) is 0 Å². The van der Waals surface area contributed by atoms with Crippen molar-refractivity contribution < 1.29 is 14.7 Å². The Morgan fingerprint density at radius 2 is 2.39 bits per heavy atom. The van der Waals surface area contributed by atoms with Gasteiger partial charge in [-0.05, 0) is 36.8 Å². The van der Waals surface area contributed by atoms with Crippen molar-refractivity contribution in [3.8, 4) is 0 Å². The molecule has 2 heterocycles. The molecule has 1 atom stereocenters. The number of aryl methyl sites for hydroxylation is 1. The molecule has 1 aliphatic rings. The zero-order chi connectivity index (χ0) is 13.1. The first-order valence-electron chi connectivity index (χ1n) is 5.90. The van der Waals surface area contributed by atoms with Gasteiger partial charge in [0.05, 0.1) is 6.54 Å². The second kappa shape index (κ2) is 5.39. The van der Waals surface area contributed by atoms with Gasteiger partial charge in [-0.2, -0.15) is 0 Å². The van der Waals surface area contributed by atoms with Gasteiger partial charge in [-0.3, -0.25) is 0 Å². The minimum Gasteiger partial charge on any atom is -0.480 e. The van der Waals surface area contributed by atoms with Crippen LogP contribution in [0.1, 0.15) is 23.3 Å². The van der Waals surface area contributed by atoms with E-state index in [0.29, 0.717) is 19.5 Å². The Hall–Kier alpha value is -1.56. The number of urea groups is 1. The van der Waals surface area contributed by atoms with Gasteiger partial charge >= 0.3 is 12.0 Å². The summed E-state index contributed by atoms with van der Waals surface area (Å²) in [6.07, 6.45) is 1.29. The Morgan fingerprint density at radius 3 is 3.00 bits per heavy atom. The standard InChI is InChI=1S/C12H16N2O3S/c1-8-4-6-18-10(8)7-13-12(17)14-5-2-3-9(14)11(15)16/h4,6,9H,2-3,5,7H2,1H3,(H,13,17)(H,15,16)/t9-/m1/s1. The molecule has 5 nitrogen and oxygen atoms in total. The van der Waals surface area contributed by atoms with Gasteiger partial charge < -0.3 is 15.3 Å². The van der Waals surface area contributed by atoms with Crippen LogP contribution in [0.3, 0.4) is 0 Å². The molecule has 1 fully saturated rings. The van der Waals surface area contributed by atoms with Crippen molar-refractivity contribution in [1.29, 1.82) is 0 Å². The number of amides is 2. The van der Waals surface area contributed by atoms with Crippen molar-refractivity contribution in [2.24, 2.45) is 0 Å². The lowest BCUT2D eigenvalue weighted by Crippen LogP contribution is -2.45. The van der Waals surface area contributed by atoms with Gasteiger partial charge in [0.2, 0.25) is 0 Å². The van der Waals surface area contributed by atoms with Gasteiger partial charge in [-0.15, -0.1) is 11.3 Å². The monoisotopic (exact) mass is 268 g/mol. The molecule has 0 unspecified atom stereocenters. The Labute approximate surface area is 109 Å². The first kappa shape index (κ1) is 12.9. The molecule has 0 saturated carbocycles. The molecule has 1 aliphatic heterocycles. The van der Waals surface area contributed by atoms with E-state index in [1.807, 2.05) is 18.4 Å². The fraction of sp³-hybridized carbons (Fsp3) is 0.500. The van der Waals surface area contributed by atoms with Crippen molar-refractivity contribution >= 4 is 23.3 Å². The molecule has 0 aliphatic carbocycles. The maximum atomic E-state index is 11.9. The van der Waals surface area contributed by atoms with Crippen LogP contribution in [0.15, 0.2) is 11.4 Å². The third-order valence-electron chi connectivity index (χ3n) is 3.17. The van der Waals surface area contributed by atoms with E-state index >= 15 is 0 Å². The average Bonchev–Trinajstić information content (AvgIpc) is 2.94. The van der Waals surface area contributed by atoms with E-state index < -0.39 is 12.0 Å². The highest BCUT2D eigenvalue weighted by molar-refractivity contribution is 7.10. The lowest BCUT2D eigenvalue weighted by atomic mass is 10.2. The maximum Gasteiger partial charge on any atom is 0.326 e. The van der Waals surface area contributed by atoms with E-state index in [2.05, 4.69) is 5.32 Å². The highest BCUT2D eigenvalue weighted by atomic mass is 32.1. The summed E-state index contributed by atoms with van der Waals surface area (Å²) in [5.41, 5.74) is 1.15. The van der Waals surface area contributed by atoms with Gasteiger partial charge in [0.25, 0.3) is 0 Å². The normalized spacial score (nSPS) is 18.9. The van der Waals surface area contributed by atoms with Crippen LogP contribution in [-0.4, -0.2) is 34.6 Å². The lowest BCUT2D eigenvalue weighted by Gasteiger charge is -2.21. The quantitative estimate of drug-likeness (QED) is 0.878. The number of carbonyl (C=O) groups is 2. The third-order valence-corrected chi connectivity index (χ3v) is 4.19. The van der Waals surface area contributed by atoms with Crippen LogP contribution in [0, 0.1) is 6.92 Å². The Balaban J connectivity index is 1.92. The topological polar surface area (TPSA) is 69.6 Å². The second-order valence-electron chi connectivity index (χ2n) is 4.38. The molecule has 0 bridgehead atoms. The highest BCUT2D eigenvalue weighted by Crippen LogP contribution is 2.18. The molecule has 1 aromatic rings.